The Hall–Kier alpha value is -2.56. The summed E-state index contributed by atoms with van der Waals surface area (Å²) in [5.41, 5.74) is 3.22. The number of ether oxygens (including phenoxy) is 1. The second kappa shape index (κ2) is 6.47. The molecule has 0 saturated carbocycles. The Kier molecular flexibility index (Phi) is 4.65. The van der Waals surface area contributed by atoms with Crippen LogP contribution in [0.15, 0.2) is 36.5 Å². The van der Waals surface area contributed by atoms with E-state index in [9.17, 15) is 9.59 Å². The van der Waals surface area contributed by atoms with Gasteiger partial charge in [-0.3, -0.25) is 4.79 Å². The van der Waals surface area contributed by atoms with Crippen molar-refractivity contribution in [3.63, 3.8) is 0 Å². The molecule has 5 nitrogen and oxygen atoms in total. The highest BCUT2D eigenvalue weighted by molar-refractivity contribution is 5.97. The molecule has 0 spiro atoms. The number of hydrogen-bond donors (Lipinski definition) is 1. The molecule has 1 aromatic heterocycles. The average Bonchev–Trinajstić information content (AvgIpc) is 2.88. The van der Waals surface area contributed by atoms with E-state index in [1.54, 1.807) is 36.9 Å². The van der Waals surface area contributed by atoms with Gasteiger partial charge in [-0.1, -0.05) is 17.7 Å². The lowest BCUT2D eigenvalue weighted by Crippen LogP contribution is -2.30. The number of rotatable bonds is 4. The molecule has 1 heterocycles. The first kappa shape index (κ1) is 15.8. The highest BCUT2D eigenvalue weighted by atomic mass is 16.5. The van der Waals surface area contributed by atoms with Crippen LogP contribution in [0.2, 0.25) is 0 Å². The van der Waals surface area contributed by atoms with Crippen molar-refractivity contribution in [1.82, 2.24) is 4.57 Å². The van der Waals surface area contributed by atoms with Gasteiger partial charge in [-0.05, 0) is 44.5 Å². The van der Waals surface area contributed by atoms with E-state index in [0.29, 0.717) is 5.69 Å². The molecule has 0 aliphatic rings. The molecule has 1 N–H and O–H groups in total. The Labute approximate surface area is 129 Å². The maximum absolute atomic E-state index is 12.1. The third-order valence-corrected chi connectivity index (χ3v) is 3.45. The van der Waals surface area contributed by atoms with Crippen LogP contribution < -0.4 is 5.32 Å². The van der Waals surface area contributed by atoms with Gasteiger partial charge in [0, 0.05) is 18.9 Å². The molecule has 1 amide bonds. The fourth-order valence-electron chi connectivity index (χ4n) is 2.14. The molecular weight excluding hydrogens is 280 g/mol. The first-order valence-electron chi connectivity index (χ1n) is 7.09. The van der Waals surface area contributed by atoms with Crippen molar-refractivity contribution < 1.29 is 14.3 Å². The molecule has 0 radical (unpaired) electrons. The van der Waals surface area contributed by atoms with Crippen molar-refractivity contribution in [1.29, 1.82) is 0 Å². The number of benzene rings is 1. The molecule has 0 aliphatic carbocycles. The maximum Gasteiger partial charge on any atom is 0.355 e. The molecule has 1 aromatic carbocycles. The Balaban J connectivity index is 2.00. The first-order valence-corrected chi connectivity index (χ1v) is 7.09. The smallest absolute Gasteiger partial charge is 0.355 e. The average molecular weight is 300 g/mol. The second-order valence-electron chi connectivity index (χ2n) is 5.36. The van der Waals surface area contributed by atoms with Crippen LogP contribution in [0.1, 0.15) is 28.5 Å². The number of nitrogens with one attached hydrogen (secondary N) is 1. The van der Waals surface area contributed by atoms with Gasteiger partial charge in [0.05, 0.1) is 0 Å². The third kappa shape index (κ3) is 3.55. The van der Waals surface area contributed by atoms with Crippen LogP contribution in [-0.4, -0.2) is 22.5 Å². The summed E-state index contributed by atoms with van der Waals surface area (Å²) in [6.07, 6.45) is 0.875. The number of aromatic nitrogens is 1. The minimum atomic E-state index is -0.872. The van der Waals surface area contributed by atoms with Gasteiger partial charge in [-0.2, -0.15) is 0 Å². The molecule has 2 aromatic rings. The van der Waals surface area contributed by atoms with E-state index >= 15 is 0 Å². The number of amides is 1. The zero-order valence-electron chi connectivity index (χ0n) is 13.2. The Morgan fingerprint density at radius 1 is 1.23 bits per heavy atom. The zero-order chi connectivity index (χ0) is 16.3. The van der Waals surface area contributed by atoms with Crippen molar-refractivity contribution in [2.75, 3.05) is 5.32 Å². The number of carbonyl (C=O) groups is 2. The van der Waals surface area contributed by atoms with Crippen molar-refractivity contribution in [2.24, 2.45) is 7.05 Å². The van der Waals surface area contributed by atoms with Crippen LogP contribution in [0, 0.1) is 13.8 Å². The molecule has 116 valence electrons. The summed E-state index contributed by atoms with van der Waals surface area (Å²) in [6.45, 7) is 5.46. The van der Waals surface area contributed by atoms with Crippen LogP contribution in [-0.2, 0) is 16.6 Å². The molecule has 0 unspecified atom stereocenters. The molecule has 0 saturated heterocycles. The lowest BCUT2D eigenvalue weighted by molar-refractivity contribution is -0.123. The summed E-state index contributed by atoms with van der Waals surface area (Å²) < 4.78 is 6.85. The van der Waals surface area contributed by atoms with Gasteiger partial charge < -0.3 is 14.6 Å². The van der Waals surface area contributed by atoms with Gasteiger partial charge in [0.2, 0.25) is 0 Å². The van der Waals surface area contributed by atoms with Gasteiger partial charge in [-0.25, -0.2) is 4.79 Å². The summed E-state index contributed by atoms with van der Waals surface area (Å²) in [5.74, 6) is -0.870. The number of carbonyl (C=O) groups excluding carboxylic acids is 2. The zero-order valence-corrected chi connectivity index (χ0v) is 13.2. The predicted molar refractivity (Wildman–Crippen MR) is 84.8 cm³/mol. The molecule has 0 fully saturated rings. The molecule has 2 rings (SSSR count). The van der Waals surface area contributed by atoms with Gasteiger partial charge in [-0.15, -0.1) is 0 Å². The number of aryl methyl sites for hydroxylation is 3. The normalized spacial score (nSPS) is 11.8. The van der Waals surface area contributed by atoms with E-state index in [0.717, 1.165) is 16.8 Å². The molecular formula is C17H20N2O3. The van der Waals surface area contributed by atoms with Crippen molar-refractivity contribution in [3.05, 3.63) is 53.3 Å². The fraction of sp³-hybridized carbons (Fsp3) is 0.294. The summed E-state index contributed by atoms with van der Waals surface area (Å²) in [7, 11) is 1.75. The maximum atomic E-state index is 12.1. The Bertz CT molecular complexity index is 704. The van der Waals surface area contributed by atoms with E-state index in [4.69, 9.17) is 4.74 Å². The van der Waals surface area contributed by atoms with Crippen molar-refractivity contribution in [3.8, 4) is 0 Å². The minimum absolute atomic E-state index is 0.352. The molecule has 0 bridgehead atoms. The van der Waals surface area contributed by atoms with E-state index < -0.39 is 12.1 Å². The summed E-state index contributed by atoms with van der Waals surface area (Å²) in [4.78, 5) is 24.1. The highest BCUT2D eigenvalue weighted by Gasteiger charge is 2.20. The van der Waals surface area contributed by atoms with Crippen molar-refractivity contribution >= 4 is 17.6 Å². The largest absolute Gasteiger partial charge is 0.448 e. The summed E-state index contributed by atoms with van der Waals surface area (Å²) in [6, 6.07) is 9.14. The number of hydrogen-bond acceptors (Lipinski definition) is 3. The Morgan fingerprint density at radius 2 is 1.95 bits per heavy atom. The SMILES string of the molecule is Cc1ccc(NC(=O)[C@H](C)OC(=O)c2cccn2C)c(C)c1. The molecule has 1 atom stereocenters. The van der Waals surface area contributed by atoms with Gasteiger partial charge >= 0.3 is 5.97 Å². The summed E-state index contributed by atoms with van der Waals surface area (Å²) >= 11 is 0. The molecule has 22 heavy (non-hydrogen) atoms. The minimum Gasteiger partial charge on any atom is -0.448 e. The first-order chi connectivity index (χ1) is 10.4. The number of esters is 1. The van der Waals surface area contributed by atoms with Crippen LogP contribution in [0.4, 0.5) is 5.69 Å². The Morgan fingerprint density at radius 3 is 2.55 bits per heavy atom. The second-order valence-corrected chi connectivity index (χ2v) is 5.36. The van der Waals surface area contributed by atoms with Crippen LogP contribution in [0.3, 0.4) is 0 Å². The lowest BCUT2D eigenvalue weighted by atomic mass is 10.1. The van der Waals surface area contributed by atoms with Crippen molar-refractivity contribution in [2.45, 2.75) is 26.9 Å². The van der Waals surface area contributed by atoms with E-state index in [2.05, 4.69) is 5.32 Å². The van der Waals surface area contributed by atoms with E-state index in [-0.39, 0.29) is 5.91 Å². The monoisotopic (exact) mass is 300 g/mol. The predicted octanol–water partition coefficient (Wildman–Crippen LogP) is 2.83. The van der Waals surface area contributed by atoms with E-state index in [1.165, 1.54) is 0 Å². The third-order valence-electron chi connectivity index (χ3n) is 3.45. The standard InChI is InChI=1S/C17H20N2O3/c1-11-7-8-14(12(2)10-11)18-16(20)13(3)22-17(21)15-6-5-9-19(15)4/h5-10,13H,1-4H3,(H,18,20)/t13-/m0/s1. The summed E-state index contributed by atoms with van der Waals surface area (Å²) in [5, 5.41) is 2.78. The molecule has 0 aliphatic heterocycles. The van der Waals surface area contributed by atoms with Crippen LogP contribution in [0.25, 0.3) is 0 Å². The van der Waals surface area contributed by atoms with E-state index in [1.807, 2.05) is 32.0 Å². The fourth-order valence-corrected chi connectivity index (χ4v) is 2.14. The highest BCUT2D eigenvalue weighted by Crippen LogP contribution is 2.16. The van der Waals surface area contributed by atoms with Crippen LogP contribution in [0.5, 0.6) is 0 Å². The van der Waals surface area contributed by atoms with Crippen LogP contribution >= 0.6 is 0 Å². The number of nitrogens with zero attached hydrogens (tertiary/aromatic N) is 1. The lowest BCUT2D eigenvalue weighted by Gasteiger charge is -2.15. The number of anilines is 1. The quantitative estimate of drug-likeness (QED) is 0.883. The topological polar surface area (TPSA) is 60.3 Å². The molecule has 5 heteroatoms. The van der Waals surface area contributed by atoms with Gasteiger partial charge in [0.25, 0.3) is 5.91 Å². The van der Waals surface area contributed by atoms with Gasteiger partial charge in [0.1, 0.15) is 5.69 Å². The van der Waals surface area contributed by atoms with Gasteiger partial charge in [0.15, 0.2) is 6.10 Å².